The van der Waals surface area contributed by atoms with Crippen LogP contribution in [0.1, 0.15) is 0 Å². The molecule has 0 N–H and O–H groups in total. The van der Waals surface area contributed by atoms with Crippen molar-refractivity contribution in [2.75, 3.05) is 12.4 Å². The Morgan fingerprint density at radius 2 is 2.30 bits per heavy atom. The van der Waals surface area contributed by atoms with Crippen LogP contribution in [0.2, 0.25) is 0 Å². The van der Waals surface area contributed by atoms with Gasteiger partial charge in [0.2, 0.25) is 0 Å². The summed E-state index contributed by atoms with van der Waals surface area (Å²) in [6.07, 6.45) is 6.14. The number of allylic oxidation sites excluding steroid dienone is 3. The Bertz CT molecular complexity index is 203. The zero-order chi connectivity index (χ0) is 7.56. The maximum Gasteiger partial charge on any atom is 0.0330 e. The Labute approximate surface area is 69.8 Å². The second-order valence-electron chi connectivity index (χ2n) is 2.27. The van der Waals surface area contributed by atoms with Crippen molar-refractivity contribution in [1.82, 2.24) is 4.90 Å². The van der Waals surface area contributed by atoms with Crippen LogP contribution in [0.4, 0.5) is 0 Å². The lowest BCUT2D eigenvalue weighted by molar-refractivity contribution is 0.581. The van der Waals surface area contributed by atoms with Gasteiger partial charge in [-0.3, -0.25) is 0 Å². The van der Waals surface area contributed by atoms with E-state index in [2.05, 4.69) is 34.8 Å². The number of hydrogen-bond acceptors (Lipinski definition) is 1. The highest BCUT2D eigenvalue weighted by atomic mass is 79.9. The van der Waals surface area contributed by atoms with Gasteiger partial charge in [-0.25, -0.2) is 0 Å². The van der Waals surface area contributed by atoms with E-state index in [1.54, 1.807) is 0 Å². The van der Waals surface area contributed by atoms with Crippen LogP contribution in [0.3, 0.4) is 0 Å². The van der Waals surface area contributed by atoms with Crippen LogP contribution in [0, 0.1) is 0 Å². The number of rotatable bonds is 1. The third-order valence-corrected chi connectivity index (χ3v) is 2.10. The third-order valence-electron chi connectivity index (χ3n) is 1.46. The second kappa shape index (κ2) is 3.06. The molecule has 0 fully saturated rings. The third kappa shape index (κ3) is 1.51. The molecule has 54 valence electrons. The smallest absolute Gasteiger partial charge is 0.0330 e. The van der Waals surface area contributed by atoms with Gasteiger partial charge in [-0.2, -0.15) is 0 Å². The predicted molar refractivity (Wildman–Crippen MR) is 47.9 cm³/mol. The molecule has 0 aromatic rings. The molecule has 0 aromatic heterocycles. The van der Waals surface area contributed by atoms with Gasteiger partial charge in [0.1, 0.15) is 0 Å². The fraction of sp³-hybridized carbons (Fsp3) is 0.250. The fourth-order valence-electron chi connectivity index (χ4n) is 0.775. The number of likely N-dealkylation sites (N-methyl/N-ethyl adjacent to an activating group) is 1. The fourth-order valence-corrected chi connectivity index (χ4v) is 1.11. The molecule has 0 saturated heterocycles. The summed E-state index contributed by atoms with van der Waals surface area (Å²) in [5.41, 5.74) is 2.31. The van der Waals surface area contributed by atoms with Crippen LogP contribution in [-0.4, -0.2) is 17.3 Å². The van der Waals surface area contributed by atoms with E-state index in [0.717, 1.165) is 11.0 Å². The quantitative estimate of drug-likeness (QED) is 0.587. The van der Waals surface area contributed by atoms with Gasteiger partial charge in [-0.1, -0.05) is 28.6 Å². The topological polar surface area (TPSA) is 3.24 Å². The van der Waals surface area contributed by atoms with Gasteiger partial charge in [-0.15, -0.1) is 0 Å². The van der Waals surface area contributed by atoms with Crippen molar-refractivity contribution in [2.45, 2.75) is 0 Å². The molecule has 0 aromatic carbocycles. The summed E-state index contributed by atoms with van der Waals surface area (Å²) >= 11 is 3.38. The molecule has 1 rings (SSSR count). The van der Waals surface area contributed by atoms with Crippen LogP contribution in [-0.2, 0) is 0 Å². The van der Waals surface area contributed by atoms with E-state index in [4.69, 9.17) is 0 Å². The lowest BCUT2D eigenvalue weighted by Gasteiger charge is -2.18. The van der Waals surface area contributed by atoms with Crippen LogP contribution in [0.15, 0.2) is 36.2 Å². The van der Waals surface area contributed by atoms with E-state index in [0.29, 0.717) is 0 Å². The molecule has 1 heterocycles. The SMILES string of the molecule is C=C1C=CC(CBr)=CN1C. The van der Waals surface area contributed by atoms with Gasteiger partial charge in [0.25, 0.3) is 0 Å². The summed E-state index contributed by atoms with van der Waals surface area (Å²) in [4.78, 5) is 2.01. The standard InChI is InChI=1S/C8H10BrN/c1-7-3-4-8(5-9)6-10(7)2/h3-4,6H,1,5H2,2H3. The first-order chi connectivity index (χ1) is 4.74. The van der Waals surface area contributed by atoms with E-state index in [-0.39, 0.29) is 0 Å². The molecule has 0 radical (unpaired) electrons. The lowest BCUT2D eigenvalue weighted by Crippen LogP contribution is -2.11. The van der Waals surface area contributed by atoms with E-state index in [9.17, 15) is 0 Å². The van der Waals surface area contributed by atoms with E-state index >= 15 is 0 Å². The van der Waals surface area contributed by atoms with Crippen LogP contribution < -0.4 is 0 Å². The average molecular weight is 200 g/mol. The molecule has 1 nitrogen and oxygen atoms in total. The Morgan fingerprint density at radius 1 is 1.60 bits per heavy atom. The molecule has 1 aliphatic heterocycles. The van der Waals surface area contributed by atoms with Gasteiger partial charge in [0, 0.05) is 24.3 Å². The molecule has 0 atom stereocenters. The summed E-state index contributed by atoms with van der Waals surface area (Å²) in [6.45, 7) is 3.84. The Kier molecular flexibility index (Phi) is 2.33. The molecule has 0 bridgehead atoms. The first-order valence-electron chi connectivity index (χ1n) is 3.10. The first kappa shape index (κ1) is 7.61. The Hall–Kier alpha value is -0.500. The molecular weight excluding hydrogens is 190 g/mol. The number of nitrogens with zero attached hydrogens (tertiary/aromatic N) is 1. The maximum absolute atomic E-state index is 3.84. The largest absolute Gasteiger partial charge is 0.351 e. The zero-order valence-electron chi connectivity index (χ0n) is 5.97. The molecule has 1 aliphatic rings. The minimum Gasteiger partial charge on any atom is -0.351 e. The molecule has 2 heteroatoms. The van der Waals surface area contributed by atoms with Crippen LogP contribution in [0.25, 0.3) is 0 Å². The van der Waals surface area contributed by atoms with Crippen molar-refractivity contribution in [1.29, 1.82) is 0 Å². The van der Waals surface area contributed by atoms with Gasteiger partial charge in [-0.05, 0) is 11.6 Å². The van der Waals surface area contributed by atoms with Crippen molar-refractivity contribution in [3.63, 3.8) is 0 Å². The van der Waals surface area contributed by atoms with Crippen molar-refractivity contribution in [3.8, 4) is 0 Å². The zero-order valence-corrected chi connectivity index (χ0v) is 7.56. The minimum absolute atomic E-state index is 0.904. The van der Waals surface area contributed by atoms with Gasteiger partial charge >= 0.3 is 0 Å². The summed E-state index contributed by atoms with van der Waals surface area (Å²) in [7, 11) is 1.99. The van der Waals surface area contributed by atoms with Crippen LogP contribution in [0.5, 0.6) is 0 Å². The summed E-state index contributed by atoms with van der Waals surface area (Å²) in [6, 6.07) is 0. The normalized spacial score (nSPS) is 17.6. The average Bonchev–Trinajstić information content (AvgIpc) is 1.95. The predicted octanol–water partition coefficient (Wildman–Crippen LogP) is 2.28. The molecule has 0 saturated carbocycles. The molecule has 10 heavy (non-hydrogen) atoms. The Balaban J connectivity index is 2.75. The molecule has 0 amide bonds. The Morgan fingerprint density at radius 3 is 2.80 bits per heavy atom. The van der Waals surface area contributed by atoms with Crippen molar-refractivity contribution in [3.05, 3.63) is 36.2 Å². The summed E-state index contributed by atoms with van der Waals surface area (Å²) in [5.74, 6) is 0. The summed E-state index contributed by atoms with van der Waals surface area (Å²) in [5, 5.41) is 0.904. The number of halogens is 1. The van der Waals surface area contributed by atoms with Crippen molar-refractivity contribution >= 4 is 15.9 Å². The number of alkyl halides is 1. The molecule has 0 spiro atoms. The van der Waals surface area contributed by atoms with Crippen molar-refractivity contribution in [2.24, 2.45) is 0 Å². The van der Waals surface area contributed by atoms with Gasteiger partial charge in [0.15, 0.2) is 0 Å². The second-order valence-corrected chi connectivity index (χ2v) is 2.83. The highest BCUT2D eigenvalue weighted by Gasteiger charge is 2.01. The summed E-state index contributed by atoms with van der Waals surface area (Å²) < 4.78 is 0. The monoisotopic (exact) mass is 199 g/mol. The highest BCUT2D eigenvalue weighted by molar-refractivity contribution is 9.09. The van der Waals surface area contributed by atoms with E-state index in [1.165, 1.54) is 5.57 Å². The minimum atomic E-state index is 0.904. The highest BCUT2D eigenvalue weighted by Crippen LogP contribution is 2.14. The van der Waals surface area contributed by atoms with Crippen molar-refractivity contribution < 1.29 is 0 Å². The molecule has 0 unspecified atom stereocenters. The van der Waals surface area contributed by atoms with Crippen LogP contribution >= 0.6 is 15.9 Å². The molecule has 0 aliphatic carbocycles. The van der Waals surface area contributed by atoms with E-state index < -0.39 is 0 Å². The lowest BCUT2D eigenvalue weighted by atomic mass is 10.2. The first-order valence-corrected chi connectivity index (χ1v) is 4.22. The number of hydrogen-bond donors (Lipinski definition) is 0. The molecular formula is C8H10BrN. The van der Waals surface area contributed by atoms with E-state index in [1.807, 2.05) is 18.0 Å². The van der Waals surface area contributed by atoms with Gasteiger partial charge < -0.3 is 4.90 Å². The maximum atomic E-state index is 3.84. The van der Waals surface area contributed by atoms with Gasteiger partial charge in [0.05, 0.1) is 0 Å².